The fourth-order valence-electron chi connectivity index (χ4n) is 1.05. The average Bonchev–Trinajstić information content (AvgIpc) is 2.26. The summed E-state index contributed by atoms with van der Waals surface area (Å²) in [5.41, 5.74) is 5.04. The largest absolute Gasteiger partial charge is 0.383 e. The first-order valence-corrected chi connectivity index (χ1v) is 5.60. The van der Waals surface area contributed by atoms with Gasteiger partial charge < -0.3 is 20.7 Å². The van der Waals surface area contributed by atoms with Crippen LogP contribution in [0.5, 0.6) is 0 Å². The van der Waals surface area contributed by atoms with E-state index in [9.17, 15) is 4.79 Å². The molecule has 96 valence electrons. The number of nitrogens with one attached hydrogen (secondary N) is 1. The molecule has 0 rings (SSSR count). The van der Waals surface area contributed by atoms with Gasteiger partial charge in [0.15, 0.2) is 0 Å². The Morgan fingerprint density at radius 3 is 2.56 bits per heavy atom. The molecule has 0 aliphatic rings. The van der Waals surface area contributed by atoms with Crippen LogP contribution in [-0.2, 0) is 9.53 Å². The first kappa shape index (κ1) is 15.3. The van der Waals surface area contributed by atoms with Crippen LogP contribution in [0.1, 0.15) is 13.8 Å². The summed E-state index contributed by atoms with van der Waals surface area (Å²) in [6, 6.07) is 0. The van der Waals surface area contributed by atoms with Gasteiger partial charge >= 0.3 is 0 Å². The Labute approximate surface area is 98.3 Å². The number of carbonyl (C=O) groups is 1. The Morgan fingerprint density at radius 1 is 1.44 bits per heavy atom. The van der Waals surface area contributed by atoms with Gasteiger partial charge in [-0.15, -0.1) is 0 Å². The smallest absolute Gasteiger partial charge is 0.226 e. The molecule has 0 bridgehead atoms. The number of carbonyl (C=O) groups excluding carboxylic acids is 1. The van der Waals surface area contributed by atoms with Gasteiger partial charge in [-0.2, -0.15) is 0 Å². The van der Waals surface area contributed by atoms with E-state index in [-0.39, 0.29) is 5.91 Å². The molecule has 0 aliphatic carbocycles. The highest BCUT2D eigenvalue weighted by Crippen LogP contribution is 2.11. The summed E-state index contributed by atoms with van der Waals surface area (Å²) < 4.78 is 4.97. The second-order valence-corrected chi connectivity index (χ2v) is 4.64. The third kappa shape index (κ3) is 6.05. The van der Waals surface area contributed by atoms with E-state index in [1.54, 1.807) is 7.11 Å². The van der Waals surface area contributed by atoms with Crippen molar-refractivity contribution < 1.29 is 9.53 Å². The van der Waals surface area contributed by atoms with Crippen molar-refractivity contribution in [2.45, 2.75) is 13.8 Å². The second-order valence-electron chi connectivity index (χ2n) is 4.64. The summed E-state index contributed by atoms with van der Waals surface area (Å²) in [7, 11) is 3.68. The molecule has 0 radical (unpaired) electrons. The quantitative estimate of drug-likeness (QED) is 0.600. The van der Waals surface area contributed by atoms with Gasteiger partial charge in [0.25, 0.3) is 0 Å². The molecule has 0 aromatic rings. The molecule has 0 aromatic heterocycles. The number of amides is 1. The molecule has 3 N–H and O–H groups in total. The lowest BCUT2D eigenvalue weighted by Gasteiger charge is -2.22. The molecule has 16 heavy (non-hydrogen) atoms. The van der Waals surface area contributed by atoms with E-state index in [0.717, 1.165) is 13.1 Å². The van der Waals surface area contributed by atoms with E-state index >= 15 is 0 Å². The van der Waals surface area contributed by atoms with Crippen LogP contribution >= 0.6 is 0 Å². The number of hydrogen-bond acceptors (Lipinski definition) is 4. The van der Waals surface area contributed by atoms with Gasteiger partial charge in [0, 0.05) is 33.3 Å². The second kappa shape index (κ2) is 7.60. The lowest BCUT2D eigenvalue weighted by molar-refractivity contribution is -0.128. The first-order chi connectivity index (χ1) is 7.44. The molecule has 0 aliphatic heterocycles. The molecule has 0 spiro atoms. The Balaban J connectivity index is 3.69. The third-order valence-electron chi connectivity index (χ3n) is 2.58. The van der Waals surface area contributed by atoms with Crippen LogP contribution in [0.3, 0.4) is 0 Å². The Hall–Kier alpha value is -0.650. The molecule has 0 saturated heterocycles. The van der Waals surface area contributed by atoms with Gasteiger partial charge in [0.05, 0.1) is 12.0 Å². The molecule has 0 heterocycles. The van der Waals surface area contributed by atoms with Crippen LogP contribution in [0.15, 0.2) is 0 Å². The van der Waals surface area contributed by atoms with Gasteiger partial charge in [0.2, 0.25) is 5.91 Å². The summed E-state index contributed by atoms with van der Waals surface area (Å²) in [6.45, 7) is 7.08. The summed E-state index contributed by atoms with van der Waals surface area (Å²) in [5, 5.41) is 2.88. The number of rotatable bonds is 8. The molecule has 0 aromatic carbocycles. The van der Waals surface area contributed by atoms with Crippen molar-refractivity contribution in [3.8, 4) is 0 Å². The highest BCUT2D eigenvalue weighted by Gasteiger charge is 2.24. The number of methoxy groups -OCH3 is 1. The van der Waals surface area contributed by atoms with E-state index in [1.165, 1.54) is 0 Å². The molecule has 5 nitrogen and oxygen atoms in total. The maximum absolute atomic E-state index is 11.7. The molecule has 0 saturated carbocycles. The normalized spacial score (nSPS) is 11.9. The van der Waals surface area contributed by atoms with E-state index in [2.05, 4.69) is 10.2 Å². The summed E-state index contributed by atoms with van der Waals surface area (Å²) in [6.07, 6.45) is 0. The predicted molar refractivity (Wildman–Crippen MR) is 65.2 cm³/mol. The van der Waals surface area contributed by atoms with Gasteiger partial charge in [0.1, 0.15) is 0 Å². The van der Waals surface area contributed by atoms with Crippen molar-refractivity contribution >= 4 is 5.91 Å². The van der Waals surface area contributed by atoms with E-state index in [0.29, 0.717) is 19.7 Å². The molecular weight excluding hydrogens is 206 g/mol. The minimum absolute atomic E-state index is 0.00939. The zero-order valence-corrected chi connectivity index (χ0v) is 10.9. The summed E-state index contributed by atoms with van der Waals surface area (Å²) in [4.78, 5) is 13.8. The summed E-state index contributed by atoms with van der Waals surface area (Å²) in [5.74, 6) is 0.00939. The number of hydrogen-bond donors (Lipinski definition) is 2. The maximum Gasteiger partial charge on any atom is 0.226 e. The van der Waals surface area contributed by atoms with Crippen LogP contribution in [0.4, 0.5) is 0 Å². The Morgan fingerprint density at radius 2 is 2.06 bits per heavy atom. The minimum Gasteiger partial charge on any atom is -0.383 e. The fourth-order valence-corrected chi connectivity index (χ4v) is 1.05. The van der Waals surface area contributed by atoms with E-state index in [4.69, 9.17) is 10.5 Å². The SMILES string of the molecule is COCCN(C)CCNC(=O)C(C)(C)CN. The minimum atomic E-state index is -0.481. The fraction of sp³-hybridized carbons (Fsp3) is 0.909. The third-order valence-corrected chi connectivity index (χ3v) is 2.58. The first-order valence-electron chi connectivity index (χ1n) is 5.60. The average molecular weight is 231 g/mol. The van der Waals surface area contributed by atoms with Crippen LogP contribution in [-0.4, -0.2) is 57.8 Å². The van der Waals surface area contributed by atoms with Crippen molar-refractivity contribution in [3.05, 3.63) is 0 Å². The van der Waals surface area contributed by atoms with Gasteiger partial charge in [-0.1, -0.05) is 0 Å². The molecule has 1 amide bonds. The molecule has 0 atom stereocenters. The summed E-state index contributed by atoms with van der Waals surface area (Å²) >= 11 is 0. The van der Waals surface area contributed by atoms with E-state index < -0.39 is 5.41 Å². The molecular formula is C11H25N3O2. The van der Waals surface area contributed by atoms with Gasteiger partial charge in [-0.05, 0) is 20.9 Å². The highest BCUT2D eigenvalue weighted by atomic mass is 16.5. The molecule has 0 fully saturated rings. The zero-order valence-electron chi connectivity index (χ0n) is 10.9. The lowest BCUT2D eigenvalue weighted by atomic mass is 9.93. The number of likely N-dealkylation sites (N-methyl/N-ethyl adjacent to an activating group) is 1. The van der Waals surface area contributed by atoms with Gasteiger partial charge in [-0.25, -0.2) is 0 Å². The zero-order chi connectivity index (χ0) is 12.6. The van der Waals surface area contributed by atoms with E-state index in [1.807, 2.05) is 20.9 Å². The van der Waals surface area contributed by atoms with Crippen molar-refractivity contribution in [3.63, 3.8) is 0 Å². The molecule has 5 heteroatoms. The number of nitrogens with two attached hydrogens (primary N) is 1. The molecule has 0 unspecified atom stereocenters. The van der Waals surface area contributed by atoms with Crippen molar-refractivity contribution in [2.75, 3.05) is 46.9 Å². The maximum atomic E-state index is 11.7. The van der Waals surface area contributed by atoms with Crippen LogP contribution in [0.2, 0.25) is 0 Å². The van der Waals surface area contributed by atoms with Crippen molar-refractivity contribution in [1.29, 1.82) is 0 Å². The Kier molecular flexibility index (Phi) is 7.29. The van der Waals surface area contributed by atoms with Gasteiger partial charge in [-0.3, -0.25) is 4.79 Å². The standard InChI is InChI=1S/C11H25N3O2/c1-11(2,9-12)10(15)13-5-6-14(3)7-8-16-4/h5-9,12H2,1-4H3,(H,13,15). The monoisotopic (exact) mass is 231 g/mol. The van der Waals surface area contributed by atoms with Crippen LogP contribution in [0, 0.1) is 5.41 Å². The lowest BCUT2D eigenvalue weighted by Crippen LogP contribution is -2.44. The van der Waals surface area contributed by atoms with Crippen LogP contribution in [0.25, 0.3) is 0 Å². The Bertz CT molecular complexity index is 207. The highest BCUT2D eigenvalue weighted by molar-refractivity contribution is 5.81. The van der Waals surface area contributed by atoms with Crippen LogP contribution < -0.4 is 11.1 Å². The number of ether oxygens (including phenoxy) is 1. The van der Waals surface area contributed by atoms with Crippen molar-refractivity contribution in [2.24, 2.45) is 11.1 Å². The topological polar surface area (TPSA) is 67.6 Å². The number of nitrogens with zero attached hydrogens (tertiary/aromatic N) is 1. The predicted octanol–water partition coefficient (Wildman–Crippen LogP) is -0.334. The van der Waals surface area contributed by atoms with Crippen molar-refractivity contribution in [1.82, 2.24) is 10.2 Å².